The van der Waals surface area contributed by atoms with Crippen LogP contribution >= 0.6 is 23.2 Å². The van der Waals surface area contributed by atoms with E-state index in [1.54, 1.807) is 6.07 Å². The van der Waals surface area contributed by atoms with Gasteiger partial charge in [0.15, 0.2) is 0 Å². The third-order valence-electron chi connectivity index (χ3n) is 3.98. The van der Waals surface area contributed by atoms with Gasteiger partial charge in [0.05, 0.1) is 25.8 Å². The summed E-state index contributed by atoms with van der Waals surface area (Å²) in [4.78, 5) is 11.4. The molecule has 0 atom stereocenters. The maximum absolute atomic E-state index is 11.4. The minimum Gasteiger partial charge on any atom is -0.469 e. The van der Waals surface area contributed by atoms with Crippen molar-refractivity contribution in [1.29, 1.82) is 0 Å². The molecule has 0 saturated heterocycles. The molecular weight excluding hydrogens is 347 g/mol. The number of hydrogen-bond donors (Lipinski definition) is 0. The van der Waals surface area contributed by atoms with Gasteiger partial charge in [-0.05, 0) is 36.6 Å². The number of aromatic nitrogens is 2. The Balaban J connectivity index is 2.33. The molecule has 0 unspecified atom stereocenters. The van der Waals surface area contributed by atoms with Gasteiger partial charge in [-0.25, -0.2) is 0 Å². The van der Waals surface area contributed by atoms with Crippen LogP contribution in [0.5, 0.6) is 0 Å². The molecule has 0 radical (unpaired) electrons. The van der Waals surface area contributed by atoms with Crippen LogP contribution in [0.15, 0.2) is 18.2 Å². The lowest BCUT2D eigenvalue weighted by Gasteiger charge is -2.08. The predicted molar refractivity (Wildman–Crippen MR) is 96.9 cm³/mol. The van der Waals surface area contributed by atoms with Gasteiger partial charge in [-0.1, -0.05) is 37.0 Å². The lowest BCUT2D eigenvalue weighted by atomic mass is 10.0. The fourth-order valence-corrected chi connectivity index (χ4v) is 3.45. The van der Waals surface area contributed by atoms with Gasteiger partial charge in [0.1, 0.15) is 0 Å². The van der Waals surface area contributed by atoms with Crippen LogP contribution in [0.4, 0.5) is 0 Å². The minimum absolute atomic E-state index is 0.228. The second kappa shape index (κ2) is 8.54. The van der Waals surface area contributed by atoms with Crippen LogP contribution in [0.1, 0.15) is 42.8 Å². The van der Waals surface area contributed by atoms with Gasteiger partial charge in [0.25, 0.3) is 0 Å². The van der Waals surface area contributed by atoms with E-state index in [2.05, 4.69) is 18.9 Å². The van der Waals surface area contributed by atoms with Crippen molar-refractivity contribution in [2.75, 3.05) is 7.11 Å². The Morgan fingerprint density at radius 2 is 1.83 bits per heavy atom. The van der Waals surface area contributed by atoms with E-state index >= 15 is 0 Å². The number of hydrogen-bond acceptors (Lipinski definition) is 3. The van der Waals surface area contributed by atoms with Crippen LogP contribution in [-0.2, 0) is 35.3 Å². The average Bonchev–Trinajstić information content (AvgIpc) is 2.88. The zero-order chi connectivity index (χ0) is 17.7. The van der Waals surface area contributed by atoms with Crippen LogP contribution in [0.2, 0.25) is 10.0 Å². The van der Waals surface area contributed by atoms with Crippen molar-refractivity contribution in [3.05, 3.63) is 50.8 Å². The maximum atomic E-state index is 11.4. The topological polar surface area (TPSA) is 44.1 Å². The van der Waals surface area contributed by atoms with Crippen LogP contribution in [0.3, 0.4) is 0 Å². The molecule has 1 heterocycles. The summed E-state index contributed by atoms with van der Waals surface area (Å²) in [6.07, 6.45) is 2.72. The third-order valence-corrected chi connectivity index (χ3v) is 4.41. The predicted octanol–water partition coefficient (Wildman–Crippen LogP) is 4.47. The number of benzene rings is 1. The lowest BCUT2D eigenvalue weighted by molar-refractivity contribution is -0.140. The Labute approximate surface area is 152 Å². The van der Waals surface area contributed by atoms with Crippen LogP contribution in [-0.4, -0.2) is 22.9 Å². The molecule has 1 aromatic heterocycles. The first-order valence-corrected chi connectivity index (χ1v) is 8.83. The average molecular weight is 369 g/mol. The van der Waals surface area contributed by atoms with E-state index in [0.29, 0.717) is 23.0 Å². The summed E-state index contributed by atoms with van der Waals surface area (Å²) < 4.78 is 6.65. The molecule has 130 valence electrons. The van der Waals surface area contributed by atoms with Gasteiger partial charge in [0, 0.05) is 27.7 Å². The van der Waals surface area contributed by atoms with Crippen LogP contribution < -0.4 is 0 Å². The molecule has 0 aliphatic carbocycles. The molecule has 0 N–H and O–H groups in total. The van der Waals surface area contributed by atoms with E-state index in [9.17, 15) is 4.79 Å². The highest BCUT2D eigenvalue weighted by atomic mass is 35.5. The molecule has 0 aliphatic rings. The monoisotopic (exact) mass is 368 g/mol. The molecule has 0 fully saturated rings. The molecule has 0 spiro atoms. The Hall–Kier alpha value is -1.52. The molecule has 2 aromatic rings. The molecule has 6 heteroatoms. The highest BCUT2D eigenvalue weighted by molar-refractivity contribution is 6.34. The molecule has 0 amide bonds. The molecule has 0 bridgehead atoms. The number of methoxy groups -OCH3 is 1. The molecule has 24 heavy (non-hydrogen) atoms. The number of nitrogens with zero attached hydrogens (tertiary/aromatic N) is 2. The number of rotatable bonds is 7. The van der Waals surface area contributed by atoms with Crippen LogP contribution in [0.25, 0.3) is 0 Å². The standard InChI is InChI=1S/C18H22Cl2N2O2/c1-4-16-15(10-12-8-13(19)11-14(20)9-12)17(5-2)22(21-16)7-6-18(23)24-3/h8-9,11H,4-7,10H2,1-3H3. The summed E-state index contributed by atoms with van der Waals surface area (Å²) >= 11 is 12.2. The maximum Gasteiger partial charge on any atom is 0.307 e. The highest BCUT2D eigenvalue weighted by Gasteiger charge is 2.17. The van der Waals surface area contributed by atoms with Crippen molar-refractivity contribution in [3.8, 4) is 0 Å². The van der Waals surface area contributed by atoms with E-state index < -0.39 is 0 Å². The first-order valence-electron chi connectivity index (χ1n) is 8.07. The number of halogens is 2. The number of esters is 1. The molecular formula is C18H22Cl2N2O2. The van der Waals surface area contributed by atoms with E-state index in [0.717, 1.165) is 36.2 Å². The third kappa shape index (κ3) is 4.52. The first-order chi connectivity index (χ1) is 11.5. The van der Waals surface area contributed by atoms with E-state index in [-0.39, 0.29) is 5.97 Å². The van der Waals surface area contributed by atoms with Crippen molar-refractivity contribution in [3.63, 3.8) is 0 Å². The van der Waals surface area contributed by atoms with Gasteiger partial charge in [-0.2, -0.15) is 5.10 Å². The Kier molecular flexibility index (Phi) is 6.69. The SMILES string of the molecule is CCc1nn(CCC(=O)OC)c(CC)c1Cc1cc(Cl)cc(Cl)c1. The normalized spacial score (nSPS) is 10.9. The molecule has 4 nitrogen and oxygen atoms in total. The Morgan fingerprint density at radius 1 is 1.17 bits per heavy atom. The van der Waals surface area contributed by atoms with Crippen molar-refractivity contribution >= 4 is 29.2 Å². The minimum atomic E-state index is -0.228. The largest absolute Gasteiger partial charge is 0.469 e. The van der Waals surface area contributed by atoms with Crippen molar-refractivity contribution in [1.82, 2.24) is 9.78 Å². The summed E-state index contributed by atoms with van der Waals surface area (Å²) in [6, 6.07) is 5.59. The van der Waals surface area contributed by atoms with Crippen molar-refractivity contribution in [2.45, 2.75) is 46.1 Å². The van der Waals surface area contributed by atoms with Gasteiger partial charge in [-0.15, -0.1) is 0 Å². The van der Waals surface area contributed by atoms with E-state index in [1.807, 2.05) is 16.8 Å². The number of aryl methyl sites for hydroxylation is 2. The number of carbonyl (C=O) groups is 1. The first kappa shape index (κ1) is 18.8. The van der Waals surface area contributed by atoms with Gasteiger partial charge < -0.3 is 4.74 Å². The fraction of sp³-hybridized carbons (Fsp3) is 0.444. The Morgan fingerprint density at radius 3 is 2.38 bits per heavy atom. The van der Waals surface area contributed by atoms with Crippen molar-refractivity contribution in [2.24, 2.45) is 0 Å². The fourth-order valence-electron chi connectivity index (χ4n) is 2.87. The summed E-state index contributed by atoms with van der Waals surface area (Å²) in [5.41, 5.74) is 4.45. The lowest BCUT2D eigenvalue weighted by Crippen LogP contribution is -2.11. The van der Waals surface area contributed by atoms with Gasteiger partial charge in [-0.3, -0.25) is 9.48 Å². The molecule has 1 aromatic carbocycles. The zero-order valence-corrected chi connectivity index (χ0v) is 15.7. The smallest absolute Gasteiger partial charge is 0.307 e. The highest BCUT2D eigenvalue weighted by Crippen LogP contribution is 2.25. The molecule has 2 rings (SSSR count). The quantitative estimate of drug-likeness (QED) is 0.677. The molecule has 0 aliphatic heterocycles. The second-order valence-corrected chi connectivity index (χ2v) is 6.46. The number of carbonyl (C=O) groups excluding carboxylic acids is 1. The Bertz CT molecular complexity index is 706. The van der Waals surface area contributed by atoms with Crippen LogP contribution in [0, 0.1) is 0 Å². The summed E-state index contributed by atoms with van der Waals surface area (Å²) in [6.45, 7) is 4.71. The summed E-state index contributed by atoms with van der Waals surface area (Å²) in [5.74, 6) is -0.228. The number of ether oxygens (including phenoxy) is 1. The zero-order valence-electron chi connectivity index (χ0n) is 14.2. The van der Waals surface area contributed by atoms with E-state index in [1.165, 1.54) is 12.7 Å². The van der Waals surface area contributed by atoms with Gasteiger partial charge >= 0.3 is 5.97 Å². The van der Waals surface area contributed by atoms with E-state index in [4.69, 9.17) is 27.9 Å². The van der Waals surface area contributed by atoms with Crippen molar-refractivity contribution < 1.29 is 9.53 Å². The summed E-state index contributed by atoms with van der Waals surface area (Å²) in [5, 5.41) is 5.95. The van der Waals surface area contributed by atoms with Gasteiger partial charge in [0.2, 0.25) is 0 Å². The molecule has 0 saturated carbocycles. The summed E-state index contributed by atoms with van der Waals surface area (Å²) in [7, 11) is 1.40. The second-order valence-electron chi connectivity index (χ2n) is 5.58.